The van der Waals surface area contributed by atoms with Gasteiger partial charge in [-0.15, -0.1) is 0 Å². The zero-order chi connectivity index (χ0) is 21.0. The molecule has 1 N–H and O–H groups in total. The summed E-state index contributed by atoms with van der Waals surface area (Å²) in [5.74, 6) is 0.836. The van der Waals surface area contributed by atoms with Crippen molar-refractivity contribution in [2.75, 3.05) is 23.9 Å². The van der Waals surface area contributed by atoms with Crippen LogP contribution in [0, 0.1) is 13.8 Å². The summed E-state index contributed by atoms with van der Waals surface area (Å²) in [5, 5.41) is 6.99. The number of aryl methyl sites for hydroxylation is 2. The first kappa shape index (κ1) is 20.7. The van der Waals surface area contributed by atoms with Crippen LogP contribution in [-0.2, 0) is 21.1 Å². The number of nitrogens with one attached hydrogen (secondary N) is 1. The van der Waals surface area contributed by atoms with Crippen LogP contribution in [0.15, 0.2) is 30.6 Å². The predicted molar refractivity (Wildman–Crippen MR) is 109 cm³/mol. The van der Waals surface area contributed by atoms with Crippen LogP contribution in [-0.4, -0.2) is 52.5 Å². The Hall–Kier alpha value is -3.01. The number of benzene rings is 1. The Balaban J connectivity index is 1.59. The number of rotatable bonds is 8. The van der Waals surface area contributed by atoms with E-state index in [0.29, 0.717) is 23.6 Å². The largest absolute Gasteiger partial charge is 0.492 e. The molecule has 9 nitrogen and oxygen atoms in total. The van der Waals surface area contributed by atoms with Crippen LogP contribution < -0.4 is 10.1 Å². The lowest BCUT2D eigenvalue weighted by atomic mass is 10.1. The number of fused-ring (bicyclic) bond motifs is 1. The molecule has 3 aromatic rings. The fraction of sp³-hybridized carbons (Fsp3) is 0.368. The van der Waals surface area contributed by atoms with E-state index in [2.05, 4.69) is 20.4 Å². The van der Waals surface area contributed by atoms with E-state index in [1.807, 2.05) is 13.8 Å². The minimum absolute atomic E-state index is 0.0621. The molecular formula is C19H23N5O4S. The van der Waals surface area contributed by atoms with E-state index in [1.54, 1.807) is 28.8 Å². The maximum absolute atomic E-state index is 12.4. The second-order valence-electron chi connectivity index (χ2n) is 6.79. The van der Waals surface area contributed by atoms with Gasteiger partial charge in [0.15, 0.2) is 9.84 Å². The van der Waals surface area contributed by atoms with Gasteiger partial charge in [0.25, 0.3) is 5.78 Å². The molecule has 10 heteroatoms. The highest BCUT2D eigenvalue weighted by Crippen LogP contribution is 2.19. The first-order chi connectivity index (χ1) is 13.7. The van der Waals surface area contributed by atoms with Crippen molar-refractivity contribution in [3.8, 4) is 5.75 Å². The Bertz CT molecular complexity index is 1140. The van der Waals surface area contributed by atoms with Crippen LogP contribution in [0.4, 0.5) is 5.69 Å². The van der Waals surface area contributed by atoms with Crippen molar-refractivity contribution < 1.29 is 17.9 Å². The molecule has 0 aliphatic carbocycles. The van der Waals surface area contributed by atoms with Gasteiger partial charge in [-0.1, -0.05) is 6.07 Å². The van der Waals surface area contributed by atoms with Crippen molar-refractivity contribution in [1.29, 1.82) is 0 Å². The molecule has 1 amide bonds. The number of amides is 1. The Kier molecular flexibility index (Phi) is 6.12. The molecule has 0 saturated carbocycles. The minimum atomic E-state index is -3.08. The molecule has 0 bridgehead atoms. The topological polar surface area (TPSA) is 116 Å². The van der Waals surface area contributed by atoms with Gasteiger partial charge in [-0.05, 0) is 38.0 Å². The molecule has 0 atom stereocenters. The van der Waals surface area contributed by atoms with Crippen molar-refractivity contribution >= 4 is 27.2 Å². The number of carbonyl (C=O) groups excluding carboxylic acids is 1. The molecule has 0 radical (unpaired) electrons. The van der Waals surface area contributed by atoms with E-state index in [0.717, 1.165) is 23.2 Å². The lowest BCUT2D eigenvalue weighted by Crippen LogP contribution is -2.15. The molecule has 2 heterocycles. The number of sulfone groups is 1. The lowest BCUT2D eigenvalue weighted by Gasteiger charge is -2.11. The van der Waals surface area contributed by atoms with Gasteiger partial charge in [0.1, 0.15) is 18.7 Å². The maximum atomic E-state index is 12.4. The third-order valence-electron chi connectivity index (χ3n) is 4.43. The van der Waals surface area contributed by atoms with E-state index >= 15 is 0 Å². The van der Waals surface area contributed by atoms with Crippen LogP contribution in [0.3, 0.4) is 0 Å². The Morgan fingerprint density at radius 1 is 1.28 bits per heavy atom. The van der Waals surface area contributed by atoms with Gasteiger partial charge >= 0.3 is 0 Å². The number of nitrogens with zero attached hydrogens (tertiary/aromatic N) is 4. The lowest BCUT2D eigenvalue weighted by molar-refractivity contribution is -0.116. The molecule has 29 heavy (non-hydrogen) atoms. The van der Waals surface area contributed by atoms with Crippen molar-refractivity contribution in [2.45, 2.75) is 26.7 Å². The van der Waals surface area contributed by atoms with Crippen LogP contribution in [0.2, 0.25) is 0 Å². The Morgan fingerprint density at radius 2 is 2.07 bits per heavy atom. The predicted octanol–water partition coefficient (Wildman–Crippen LogP) is 1.74. The van der Waals surface area contributed by atoms with Gasteiger partial charge in [-0.2, -0.15) is 10.1 Å². The van der Waals surface area contributed by atoms with E-state index in [9.17, 15) is 13.2 Å². The monoisotopic (exact) mass is 417 g/mol. The number of ether oxygens (including phenoxy) is 1. The third-order valence-corrected chi connectivity index (χ3v) is 5.34. The van der Waals surface area contributed by atoms with Gasteiger partial charge < -0.3 is 10.1 Å². The van der Waals surface area contributed by atoms with Gasteiger partial charge in [0.05, 0.1) is 5.75 Å². The number of hydrogen-bond donors (Lipinski definition) is 1. The second kappa shape index (κ2) is 8.56. The number of aromatic nitrogens is 4. The number of anilines is 1. The average molecular weight is 417 g/mol. The SMILES string of the molecule is Cc1nc2ncnn2c(C)c1CCC(=O)Nc1cccc(OCCS(C)(=O)=O)c1. The van der Waals surface area contributed by atoms with Crippen molar-refractivity contribution in [2.24, 2.45) is 0 Å². The molecule has 1 aromatic carbocycles. The highest BCUT2D eigenvalue weighted by molar-refractivity contribution is 7.90. The summed E-state index contributed by atoms with van der Waals surface area (Å²) < 4.78 is 29.5. The molecular weight excluding hydrogens is 394 g/mol. The molecule has 0 aliphatic heterocycles. The Morgan fingerprint density at radius 3 is 2.83 bits per heavy atom. The normalized spacial score (nSPS) is 11.6. The first-order valence-corrected chi connectivity index (χ1v) is 11.2. The summed E-state index contributed by atoms with van der Waals surface area (Å²) in [6.07, 6.45) is 3.42. The molecule has 0 fully saturated rings. The highest BCUT2D eigenvalue weighted by Gasteiger charge is 2.13. The molecule has 0 aliphatic rings. The Labute approximate surface area is 169 Å². The van der Waals surface area contributed by atoms with Crippen LogP contribution in [0.1, 0.15) is 23.4 Å². The summed E-state index contributed by atoms with van der Waals surface area (Å²) in [4.78, 5) is 20.9. The van der Waals surface area contributed by atoms with E-state index < -0.39 is 9.84 Å². The molecule has 3 rings (SSSR count). The molecule has 154 valence electrons. The van der Waals surface area contributed by atoms with E-state index in [-0.39, 0.29) is 24.7 Å². The van der Waals surface area contributed by atoms with Crippen molar-refractivity contribution in [1.82, 2.24) is 19.6 Å². The first-order valence-electron chi connectivity index (χ1n) is 9.09. The number of hydrogen-bond acceptors (Lipinski definition) is 7. The second-order valence-corrected chi connectivity index (χ2v) is 9.05. The van der Waals surface area contributed by atoms with Crippen LogP contribution in [0.25, 0.3) is 5.78 Å². The molecule has 0 spiro atoms. The summed E-state index contributed by atoms with van der Waals surface area (Å²) in [6.45, 7) is 3.89. The summed E-state index contributed by atoms with van der Waals surface area (Å²) in [5.41, 5.74) is 3.30. The number of carbonyl (C=O) groups is 1. The zero-order valence-electron chi connectivity index (χ0n) is 16.5. The zero-order valence-corrected chi connectivity index (χ0v) is 17.4. The smallest absolute Gasteiger partial charge is 0.252 e. The van der Waals surface area contributed by atoms with Gasteiger partial charge in [-0.3, -0.25) is 4.79 Å². The fourth-order valence-electron chi connectivity index (χ4n) is 2.95. The van der Waals surface area contributed by atoms with Gasteiger partial charge in [-0.25, -0.2) is 17.9 Å². The van der Waals surface area contributed by atoms with Gasteiger partial charge in [0.2, 0.25) is 5.91 Å². The molecule has 2 aromatic heterocycles. The third kappa shape index (κ3) is 5.50. The van der Waals surface area contributed by atoms with Gasteiger partial charge in [0, 0.05) is 35.8 Å². The average Bonchev–Trinajstić information content (AvgIpc) is 3.09. The van der Waals surface area contributed by atoms with Crippen LogP contribution in [0.5, 0.6) is 5.75 Å². The maximum Gasteiger partial charge on any atom is 0.252 e. The minimum Gasteiger partial charge on any atom is -0.492 e. The summed E-state index contributed by atoms with van der Waals surface area (Å²) in [6, 6.07) is 6.87. The van der Waals surface area contributed by atoms with E-state index in [1.165, 1.54) is 6.33 Å². The quantitative estimate of drug-likeness (QED) is 0.593. The summed E-state index contributed by atoms with van der Waals surface area (Å²) in [7, 11) is -3.08. The summed E-state index contributed by atoms with van der Waals surface area (Å²) >= 11 is 0. The van der Waals surface area contributed by atoms with E-state index in [4.69, 9.17) is 4.74 Å². The van der Waals surface area contributed by atoms with Crippen molar-refractivity contribution in [3.63, 3.8) is 0 Å². The fourth-order valence-corrected chi connectivity index (χ4v) is 3.34. The van der Waals surface area contributed by atoms with Crippen molar-refractivity contribution in [3.05, 3.63) is 47.5 Å². The highest BCUT2D eigenvalue weighted by atomic mass is 32.2. The van der Waals surface area contributed by atoms with Crippen LogP contribution >= 0.6 is 0 Å². The molecule has 0 unspecified atom stereocenters. The molecule has 0 saturated heterocycles. The standard InChI is InChI=1S/C19H23N5O4S/c1-13-17(14(2)24-19(22-13)20-12-21-24)7-8-18(25)23-15-5-4-6-16(11-15)28-9-10-29(3,26)27/h4-6,11-12H,7-10H2,1-3H3,(H,23,25).